The maximum absolute atomic E-state index is 13.8. The molecule has 0 radical (unpaired) electrons. The van der Waals surface area contributed by atoms with Crippen LogP contribution in [0.3, 0.4) is 0 Å². The first kappa shape index (κ1) is 17.2. The number of hydrogen-bond acceptors (Lipinski definition) is 3. The van der Waals surface area contributed by atoms with Gasteiger partial charge in [-0.2, -0.15) is 0 Å². The Bertz CT molecular complexity index is 430. The average molecular weight is 303 g/mol. The minimum absolute atomic E-state index is 0. The van der Waals surface area contributed by atoms with Gasteiger partial charge in [-0.25, -0.2) is 4.39 Å². The number of nitrogens with zero attached hydrogens (tertiary/aromatic N) is 1. The summed E-state index contributed by atoms with van der Waals surface area (Å²) in [6.45, 7) is 7.07. The lowest BCUT2D eigenvalue weighted by Gasteiger charge is -2.21. The highest BCUT2D eigenvalue weighted by molar-refractivity contribution is 5.85. The molecule has 3 nitrogen and oxygen atoms in total. The molecule has 2 unspecified atom stereocenters. The van der Waals surface area contributed by atoms with E-state index in [1.165, 1.54) is 0 Å². The van der Waals surface area contributed by atoms with E-state index in [0.29, 0.717) is 24.3 Å². The number of nitrogens with two attached hydrogens (primary N) is 1. The fraction of sp³-hybridized carbons (Fsp3) is 0.600. The second-order valence-electron chi connectivity index (χ2n) is 5.31. The van der Waals surface area contributed by atoms with Crippen LogP contribution in [0.5, 0.6) is 5.75 Å². The number of benzene rings is 1. The predicted octanol–water partition coefficient (Wildman–Crippen LogP) is 2.82. The third kappa shape index (κ3) is 4.08. The van der Waals surface area contributed by atoms with Gasteiger partial charge in [0, 0.05) is 19.1 Å². The van der Waals surface area contributed by atoms with Crippen molar-refractivity contribution in [1.82, 2.24) is 4.90 Å². The molecule has 0 aromatic heterocycles. The molecule has 1 aromatic rings. The Morgan fingerprint density at radius 2 is 2.20 bits per heavy atom. The normalized spacial score (nSPS) is 22.6. The first-order valence-electron chi connectivity index (χ1n) is 6.99. The standard InChI is InChI=1S/C15H23FN2O.ClH/c1-3-19-15-5-4-12(7-14(15)16)9-18-10-13(8-17)6-11(18)2;/h4-5,7,11,13H,3,6,8-10,17H2,1-2H3;1H. The largest absolute Gasteiger partial charge is 0.491 e. The van der Waals surface area contributed by atoms with Gasteiger partial charge in [-0.1, -0.05) is 6.07 Å². The van der Waals surface area contributed by atoms with E-state index in [2.05, 4.69) is 11.8 Å². The van der Waals surface area contributed by atoms with Gasteiger partial charge in [0.25, 0.3) is 0 Å². The van der Waals surface area contributed by atoms with Crippen molar-refractivity contribution in [3.63, 3.8) is 0 Å². The van der Waals surface area contributed by atoms with Gasteiger partial charge in [-0.3, -0.25) is 4.90 Å². The lowest BCUT2D eigenvalue weighted by Crippen LogP contribution is -2.27. The quantitative estimate of drug-likeness (QED) is 0.909. The molecule has 1 aliphatic heterocycles. The van der Waals surface area contributed by atoms with Gasteiger partial charge >= 0.3 is 0 Å². The van der Waals surface area contributed by atoms with E-state index in [1.54, 1.807) is 12.1 Å². The molecule has 2 rings (SSSR count). The molecular formula is C15H24ClFN2O. The molecule has 2 atom stereocenters. The summed E-state index contributed by atoms with van der Waals surface area (Å²) >= 11 is 0. The molecule has 0 aliphatic carbocycles. The van der Waals surface area contributed by atoms with Crippen LogP contribution in [-0.2, 0) is 6.54 Å². The summed E-state index contributed by atoms with van der Waals surface area (Å²) in [7, 11) is 0. The Morgan fingerprint density at radius 3 is 2.75 bits per heavy atom. The zero-order valence-corrected chi connectivity index (χ0v) is 13.0. The molecule has 1 heterocycles. The number of likely N-dealkylation sites (tertiary alicyclic amines) is 1. The van der Waals surface area contributed by atoms with Crippen LogP contribution in [0.25, 0.3) is 0 Å². The first-order chi connectivity index (χ1) is 9.13. The Hall–Kier alpha value is -0.840. The molecular weight excluding hydrogens is 279 g/mol. The van der Waals surface area contributed by atoms with Gasteiger partial charge in [0.05, 0.1) is 6.61 Å². The summed E-state index contributed by atoms with van der Waals surface area (Å²) in [6, 6.07) is 5.75. The van der Waals surface area contributed by atoms with Crippen LogP contribution in [0, 0.1) is 11.7 Å². The van der Waals surface area contributed by atoms with E-state index in [4.69, 9.17) is 10.5 Å². The fourth-order valence-electron chi connectivity index (χ4n) is 2.76. The molecule has 5 heteroatoms. The van der Waals surface area contributed by atoms with E-state index in [9.17, 15) is 4.39 Å². The van der Waals surface area contributed by atoms with Crippen LogP contribution in [0.2, 0.25) is 0 Å². The molecule has 114 valence electrons. The lowest BCUT2D eigenvalue weighted by atomic mass is 10.1. The van der Waals surface area contributed by atoms with Gasteiger partial charge in [0.2, 0.25) is 0 Å². The number of hydrogen-bond donors (Lipinski definition) is 1. The van der Waals surface area contributed by atoms with Crippen molar-refractivity contribution in [2.45, 2.75) is 32.9 Å². The third-order valence-electron chi connectivity index (χ3n) is 3.81. The Balaban J connectivity index is 0.00000200. The second-order valence-corrected chi connectivity index (χ2v) is 5.31. The van der Waals surface area contributed by atoms with Crippen molar-refractivity contribution in [3.8, 4) is 5.75 Å². The highest BCUT2D eigenvalue weighted by Gasteiger charge is 2.27. The summed E-state index contributed by atoms with van der Waals surface area (Å²) < 4.78 is 19.0. The predicted molar refractivity (Wildman–Crippen MR) is 81.9 cm³/mol. The second kappa shape index (κ2) is 7.81. The van der Waals surface area contributed by atoms with Gasteiger partial charge < -0.3 is 10.5 Å². The van der Waals surface area contributed by atoms with Crippen LogP contribution in [-0.4, -0.2) is 30.6 Å². The molecule has 1 saturated heterocycles. The molecule has 1 fully saturated rings. The molecule has 20 heavy (non-hydrogen) atoms. The van der Waals surface area contributed by atoms with E-state index in [1.807, 2.05) is 13.0 Å². The maximum Gasteiger partial charge on any atom is 0.165 e. The Labute approximate surface area is 126 Å². The zero-order valence-electron chi connectivity index (χ0n) is 12.1. The SMILES string of the molecule is CCOc1ccc(CN2CC(CN)CC2C)cc1F.Cl. The number of rotatable bonds is 5. The monoisotopic (exact) mass is 302 g/mol. The highest BCUT2D eigenvalue weighted by atomic mass is 35.5. The topological polar surface area (TPSA) is 38.5 Å². The van der Waals surface area contributed by atoms with Crippen LogP contribution in [0.1, 0.15) is 25.8 Å². The summed E-state index contributed by atoms with van der Waals surface area (Å²) in [6.07, 6.45) is 1.13. The summed E-state index contributed by atoms with van der Waals surface area (Å²) in [5.74, 6) is 0.629. The van der Waals surface area contributed by atoms with Crippen molar-refractivity contribution < 1.29 is 9.13 Å². The molecule has 0 spiro atoms. The van der Waals surface area contributed by atoms with E-state index in [-0.39, 0.29) is 18.2 Å². The van der Waals surface area contributed by atoms with Crippen LogP contribution < -0.4 is 10.5 Å². The van der Waals surface area contributed by atoms with Crippen LogP contribution in [0.4, 0.5) is 4.39 Å². The minimum atomic E-state index is -0.276. The fourth-order valence-corrected chi connectivity index (χ4v) is 2.76. The van der Waals surface area contributed by atoms with Crippen molar-refractivity contribution in [2.75, 3.05) is 19.7 Å². The molecule has 1 aromatic carbocycles. The van der Waals surface area contributed by atoms with Crippen molar-refractivity contribution in [1.29, 1.82) is 0 Å². The minimum Gasteiger partial charge on any atom is -0.491 e. The Kier molecular flexibility index (Phi) is 6.72. The number of ether oxygens (including phenoxy) is 1. The molecule has 0 saturated carbocycles. The zero-order chi connectivity index (χ0) is 13.8. The Morgan fingerprint density at radius 1 is 1.45 bits per heavy atom. The number of halogens is 2. The van der Waals surface area contributed by atoms with Crippen molar-refractivity contribution >= 4 is 12.4 Å². The van der Waals surface area contributed by atoms with Crippen LogP contribution >= 0.6 is 12.4 Å². The third-order valence-corrected chi connectivity index (χ3v) is 3.81. The van der Waals surface area contributed by atoms with Gasteiger partial charge in [-0.05, 0) is 50.4 Å². The first-order valence-corrected chi connectivity index (χ1v) is 6.99. The van der Waals surface area contributed by atoms with E-state index >= 15 is 0 Å². The summed E-state index contributed by atoms with van der Waals surface area (Å²) in [5, 5.41) is 0. The van der Waals surface area contributed by atoms with Crippen LogP contribution in [0.15, 0.2) is 18.2 Å². The van der Waals surface area contributed by atoms with E-state index in [0.717, 1.165) is 31.6 Å². The smallest absolute Gasteiger partial charge is 0.165 e. The van der Waals surface area contributed by atoms with Gasteiger partial charge in [0.15, 0.2) is 11.6 Å². The van der Waals surface area contributed by atoms with E-state index < -0.39 is 0 Å². The molecule has 2 N–H and O–H groups in total. The molecule has 1 aliphatic rings. The van der Waals surface area contributed by atoms with Gasteiger partial charge in [0.1, 0.15) is 0 Å². The van der Waals surface area contributed by atoms with Crippen molar-refractivity contribution in [2.24, 2.45) is 11.7 Å². The molecule has 0 bridgehead atoms. The molecule has 0 amide bonds. The lowest BCUT2D eigenvalue weighted by molar-refractivity contribution is 0.255. The van der Waals surface area contributed by atoms with Gasteiger partial charge in [-0.15, -0.1) is 12.4 Å². The maximum atomic E-state index is 13.8. The highest BCUT2D eigenvalue weighted by Crippen LogP contribution is 2.25. The van der Waals surface area contributed by atoms with Crippen molar-refractivity contribution in [3.05, 3.63) is 29.6 Å². The average Bonchev–Trinajstić information content (AvgIpc) is 2.74. The summed E-state index contributed by atoms with van der Waals surface area (Å²) in [4.78, 5) is 2.37. The summed E-state index contributed by atoms with van der Waals surface area (Å²) in [5.41, 5.74) is 6.72.